The third-order valence-corrected chi connectivity index (χ3v) is 4.45. The molecule has 1 aliphatic heterocycles. The van der Waals surface area contributed by atoms with Crippen LogP contribution in [0, 0.1) is 5.92 Å². The highest BCUT2D eigenvalue weighted by Gasteiger charge is 2.35. The second-order valence-corrected chi connectivity index (χ2v) is 7.01. The zero-order valence-corrected chi connectivity index (χ0v) is 15.3. The van der Waals surface area contributed by atoms with E-state index in [4.69, 9.17) is 4.74 Å². The van der Waals surface area contributed by atoms with E-state index < -0.39 is 12.1 Å². The number of carbonyl (C=O) groups excluding carboxylic acids is 2. The maximum Gasteiger partial charge on any atom is 0.264 e. The smallest absolute Gasteiger partial charge is 0.264 e. The van der Waals surface area contributed by atoms with Crippen LogP contribution in [-0.4, -0.2) is 41.9 Å². The molecule has 2 amide bonds. The van der Waals surface area contributed by atoms with Crippen molar-refractivity contribution in [1.82, 2.24) is 10.2 Å². The Kier molecular flexibility index (Phi) is 6.04. The first kappa shape index (κ1) is 17.8. The summed E-state index contributed by atoms with van der Waals surface area (Å²) in [5.74, 6) is 0.724. The minimum atomic E-state index is -0.644. The highest BCUT2D eigenvalue weighted by molar-refractivity contribution is 9.10. The number of hydrogen-bond donors (Lipinski definition) is 1. The number of benzene rings is 1. The largest absolute Gasteiger partial charge is 0.480 e. The maximum absolute atomic E-state index is 12.8. The third kappa shape index (κ3) is 4.47. The number of nitrogens with zero attached hydrogens (tertiary/aromatic N) is 1. The van der Waals surface area contributed by atoms with Gasteiger partial charge in [0.25, 0.3) is 5.91 Å². The fourth-order valence-electron chi connectivity index (χ4n) is 2.67. The van der Waals surface area contributed by atoms with Crippen LogP contribution in [-0.2, 0) is 9.59 Å². The number of hydrogen-bond acceptors (Lipinski definition) is 3. The molecule has 0 aromatic heterocycles. The van der Waals surface area contributed by atoms with Crippen LogP contribution < -0.4 is 10.1 Å². The summed E-state index contributed by atoms with van der Waals surface area (Å²) in [7, 11) is 0. The van der Waals surface area contributed by atoms with Crippen molar-refractivity contribution < 1.29 is 14.3 Å². The quantitative estimate of drug-likeness (QED) is 0.851. The fraction of sp³-hybridized carbons (Fsp3) is 0.529. The molecule has 1 aromatic carbocycles. The van der Waals surface area contributed by atoms with Crippen molar-refractivity contribution in [3.8, 4) is 5.75 Å². The summed E-state index contributed by atoms with van der Waals surface area (Å²) in [6, 6.07) is 7.00. The van der Waals surface area contributed by atoms with Crippen LogP contribution in [0.3, 0.4) is 0 Å². The van der Waals surface area contributed by atoms with Crippen LogP contribution in [0.4, 0.5) is 0 Å². The van der Waals surface area contributed by atoms with Gasteiger partial charge in [0.2, 0.25) is 5.91 Å². The van der Waals surface area contributed by atoms with Gasteiger partial charge in [-0.3, -0.25) is 9.59 Å². The Morgan fingerprint density at radius 3 is 2.74 bits per heavy atom. The van der Waals surface area contributed by atoms with E-state index in [0.717, 1.165) is 4.47 Å². The van der Waals surface area contributed by atoms with E-state index in [1.54, 1.807) is 11.8 Å². The van der Waals surface area contributed by atoms with Crippen LogP contribution in [0.5, 0.6) is 5.75 Å². The molecule has 126 valence electrons. The Hall–Kier alpha value is -1.56. The van der Waals surface area contributed by atoms with Crippen LogP contribution in [0.15, 0.2) is 28.7 Å². The van der Waals surface area contributed by atoms with E-state index in [9.17, 15) is 9.59 Å². The molecule has 5 nitrogen and oxygen atoms in total. The Morgan fingerprint density at radius 2 is 2.09 bits per heavy atom. The van der Waals surface area contributed by atoms with Crippen LogP contribution in [0.1, 0.15) is 27.2 Å². The lowest BCUT2D eigenvalue weighted by Gasteiger charge is -2.37. The number of rotatable bonds is 5. The molecular formula is C17H23BrN2O3. The molecule has 2 rings (SSSR count). The molecule has 0 spiro atoms. The number of amides is 2. The van der Waals surface area contributed by atoms with Gasteiger partial charge in [-0.15, -0.1) is 0 Å². The molecule has 1 N–H and O–H groups in total. The van der Waals surface area contributed by atoms with E-state index in [1.807, 2.05) is 38.1 Å². The average molecular weight is 383 g/mol. The molecule has 6 heteroatoms. The zero-order chi connectivity index (χ0) is 17.0. The number of nitrogens with one attached hydrogen (secondary N) is 1. The average Bonchev–Trinajstić information content (AvgIpc) is 2.50. The SMILES string of the molecule is CC(C)CC1C(=O)NCCN1C(=O)C(C)Oc1ccccc1Br. The Labute approximate surface area is 145 Å². The minimum Gasteiger partial charge on any atom is -0.480 e. The van der Waals surface area contributed by atoms with Gasteiger partial charge in [0.05, 0.1) is 4.47 Å². The summed E-state index contributed by atoms with van der Waals surface area (Å²) in [4.78, 5) is 26.5. The van der Waals surface area contributed by atoms with E-state index in [2.05, 4.69) is 21.2 Å². The number of para-hydroxylation sites is 1. The Morgan fingerprint density at radius 1 is 1.39 bits per heavy atom. The summed E-state index contributed by atoms with van der Waals surface area (Å²) >= 11 is 3.41. The Balaban J connectivity index is 2.10. The van der Waals surface area contributed by atoms with Crippen LogP contribution in [0.2, 0.25) is 0 Å². The van der Waals surface area contributed by atoms with Crippen LogP contribution >= 0.6 is 15.9 Å². The molecule has 0 bridgehead atoms. The van der Waals surface area contributed by atoms with Crippen LogP contribution in [0.25, 0.3) is 0 Å². The van der Waals surface area contributed by atoms with Gasteiger partial charge in [0.1, 0.15) is 11.8 Å². The van der Waals surface area contributed by atoms with Gasteiger partial charge in [0.15, 0.2) is 6.10 Å². The number of ether oxygens (including phenoxy) is 1. The summed E-state index contributed by atoms with van der Waals surface area (Å²) in [6.45, 7) is 6.82. The highest BCUT2D eigenvalue weighted by atomic mass is 79.9. The molecule has 2 unspecified atom stereocenters. The number of carbonyl (C=O) groups is 2. The molecule has 0 aliphatic carbocycles. The van der Waals surface area contributed by atoms with Crippen molar-refractivity contribution in [2.75, 3.05) is 13.1 Å². The standard InChI is InChI=1S/C17H23BrN2O3/c1-11(2)10-14-16(21)19-8-9-20(14)17(22)12(3)23-15-7-5-4-6-13(15)18/h4-7,11-12,14H,8-10H2,1-3H3,(H,19,21). The highest BCUT2D eigenvalue weighted by Crippen LogP contribution is 2.25. The second-order valence-electron chi connectivity index (χ2n) is 6.16. The first-order valence-corrected chi connectivity index (χ1v) is 8.68. The number of piperazine rings is 1. The lowest BCUT2D eigenvalue weighted by Crippen LogP contribution is -2.59. The van der Waals surface area contributed by atoms with Gasteiger partial charge in [-0.25, -0.2) is 0 Å². The van der Waals surface area contributed by atoms with Gasteiger partial charge in [-0.05, 0) is 47.3 Å². The van der Waals surface area contributed by atoms with Crippen molar-refractivity contribution in [1.29, 1.82) is 0 Å². The molecular weight excluding hydrogens is 360 g/mol. The topological polar surface area (TPSA) is 58.6 Å². The van der Waals surface area contributed by atoms with E-state index in [1.165, 1.54) is 0 Å². The molecule has 1 heterocycles. The molecule has 1 saturated heterocycles. The second kappa shape index (κ2) is 7.81. The van der Waals surface area contributed by atoms with Crippen molar-refractivity contribution in [3.63, 3.8) is 0 Å². The third-order valence-electron chi connectivity index (χ3n) is 3.80. The lowest BCUT2D eigenvalue weighted by atomic mass is 9.99. The molecule has 2 atom stereocenters. The summed E-state index contributed by atoms with van der Waals surface area (Å²) in [5.41, 5.74) is 0. The predicted molar refractivity (Wildman–Crippen MR) is 92.2 cm³/mol. The van der Waals surface area contributed by atoms with Crippen molar-refractivity contribution >= 4 is 27.7 Å². The van der Waals surface area contributed by atoms with E-state index in [-0.39, 0.29) is 11.8 Å². The van der Waals surface area contributed by atoms with Gasteiger partial charge in [-0.2, -0.15) is 0 Å². The minimum absolute atomic E-state index is 0.0774. The zero-order valence-electron chi connectivity index (χ0n) is 13.7. The Bertz CT molecular complexity index is 577. The van der Waals surface area contributed by atoms with Gasteiger partial charge >= 0.3 is 0 Å². The molecule has 1 aromatic rings. The summed E-state index contributed by atoms with van der Waals surface area (Å²) in [5, 5.41) is 2.84. The van der Waals surface area contributed by atoms with Gasteiger partial charge in [-0.1, -0.05) is 26.0 Å². The monoisotopic (exact) mass is 382 g/mol. The molecule has 0 radical (unpaired) electrons. The maximum atomic E-state index is 12.8. The molecule has 23 heavy (non-hydrogen) atoms. The van der Waals surface area contributed by atoms with Gasteiger partial charge < -0.3 is 15.0 Å². The van der Waals surface area contributed by atoms with Crippen molar-refractivity contribution in [2.45, 2.75) is 39.3 Å². The number of halogens is 1. The normalized spacial score (nSPS) is 19.4. The van der Waals surface area contributed by atoms with Gasteiger partial charge in [0, 0.05) is 13.1 Å². The summed E-state index contributed by atoms with van der Waals surface area (Å²) < 4.78 is 6.58. The molecule has 0 saturated carbocycles. The van der Waals surface area contributed by atoms with Crippen molar-refractivity contribution in [3.05, 3.63) is 28.7 Å². The lowest BCUT2D eigenvalue weighted by molar-refractivity contribution is -0.148. The molecule has 1 fully saturated rings. The first-order valence-electron chi connectivity index (χ1n) is 7.89. The first-order chi connectivity index (χ1) is 10.9. The van der Waals surface area contributed by atoms with E-state index >= 15 is 0 Å². The predicted octanol–water partition coefficient (Wildman–Crippen LogP) is 2.59. The fourth-order valence-corrected chi connectivity index (χ4v) is 3.05. The van der Waals surface area contributed by atoms with Crippen molar-refractivity contribution in [2.24, 2.45) is 5.92 Å². The van der Waals surface area contributed by atoms with E-state index in [0.29, 0.717) is 31.2 Å². The summed E-state index contributed by atoms with van der Waals surface area (Å²) in [6.07, 6.45) is 0.00791. The molecule has 1 aliphatic rings.